The highest BCUT2D eigenvalue weighted by atomic mass is 16.3. The Bertz CT molecular complexity index is 1370. The molecule has 0 aliphatic heterocycles. The van der Waals surface area contributed by atoms with Crippen LogP contribution in [0.3, 0.4) is 0 Å². The van der Waals surface area contributed by atoms with Gasteiger partial charge in [-0.05, 0) is 57.2 Å². The van der Waals surface area contributed by atoms with Crippen molar-refractivity contribution in [3.05, 3.63) is 53.1 Å². The van der Waals surface area contributed by atoms with Crippen LogP contribution in [0, 0.1) is 20.8 Å². The van der Waals surface area contributed by atoms with Gasteiger partial charge in [0.2, 0.25) is 0 Å². The molecule has 0 atom stereocenters. The SMILES string of the molecule is Cc1c(N(C)C)ccc(-c2nc(-c3ccc(N(C)C)c(C)c3O)nc(-c3ccc(N(C)C)c(C)c3O)n2)c1O. The maximum Gasteiger partial charge on any atom is 0.167 e. The highest BCUT2D eigenvalue weighted by Gasteiger charge is 2.22. The Morgan fingerprint density at radius 3 is 0.872 bits per heavy atom. The van der Waals surface area contributed by atoms with Gasteiger partial charge in [-0.15, -0.1) is 0 Å². The van der Waals surface area contributed by atoms with Crippen LogP contribution in [-0.4, -0.2) is 72.6 Å². The summed E-state index contributed by atoms with van der Waals surface area (Å²) in [6.45, 7) is 5.50. The third-order valence-corrected chi connectivity index (χ3v) is 7.01. The summed E-state index contributed by atoms with van der Waals surface area (Å²) in [5, 5.41) is 33.5. The van der Waals surface area contributed by atoms with E-state index >= 15 is 0 Å². The van der Waals surface area contributed by atoms with Crippen LogP contribution in [0.2, 0.25) is 0 Å². The molecule has 0 saturated carbocycles. The molecule has 0 aliphatic rings. The minimum absolute atomic E-state index is 0.0519. The predicted molar refractivity (Wildman–Crippen MR) is 158 cm³/mol. The number of aromatic hydroxyl groups is 3. The Balaban J connectivity index is 2.02. The standard InChI is InChI=1S/C30H36N6O3/c1-16-22(34(4)5)13-10-19(25(16)37)28-31-29(20-11-14-23(35(6)7)17(2)26(20)38)33-30(32-28)21-12-15-24(36(8)9)18(3)27(21)39/h10-15,37-39H,1-9H3. The van der Waals surface area contributed by atoms with Crippen LogP contribution < -0.4 is 14.7 Å². The lowest BCUT2D eigenvalue weighted by atomic mass is 10.0. The summed E-state index contributed by atoms with van der Waals surface area (Å²) in [5.74, 6) is 0.832. The first-order chi connectivity index (χ1) is 18.3. The van der Waals surface area contributed by atoms with Gasteiger partial charge in [-0.1, -0.05) is 0 Å². The van der Waals surface area contributed by atoms with Gasteiger partial charge in [0, 0.05) is 76.0 Å². The van der Waals surface area contributed by atoms with Gasteiger partial charge in [0.05, 0.1) is 16.7 Å². The average Bonchev–Trinajstić information content (AvgIpc) is 2.87. The van der Waals surface area contributed by atoms with E-state index in [0.717, 1.165) is 17.1 Å². The average molecular weight is 529 g/mol. The maximum atomic E-state index is 11.2. The number of hydrogen-bond acceptors (Lipinski definition) is 9. The molecule has 9 heteroatoms. The monoisotopic (exact) mass is 528 g/mol. The largest absolute Gasteiger partial charge is 0.507 e. The Morgan fingerprint density at radius 1 is 0.436 bits per heavy atom. The molecule has 0 radical (unpaired) electrons. The normalized spacial score (nSPS) is 11.0. The molecule has 3 N–H and O–H groups in total. The topological polar surface area (TPSA) is 109 Å². The third-order valence-electron chi connectivity index (χ3n) is 7.01. The van der Waals surface area contributed by atoms with Crippen molar-refractivity contribution in [2.24, 2.45) is 0 Å². The predicted octanol–water partition coefficient (Wildman–Crippen LogP) is 5.11. The molecule has 0 unspecified atom stereocenters. The zero-order valence-electron chi connectivity index (χ0n) is 24.0. The number of rotatable bonds is 6. The zero-order chi connectivity index (χ0) is 28.8. The second-order valence-electron chi connectivity index (χ2n) is 10.3. The van der Waals surface area contributed by atoms with Crippen LogP contribution in [0.15, 0.2) is 36.4 Å². The van der Waals surface area contributed by atoms with Crippen LogP contribution in [0.5, 0.6) is 17.2 Å². The quantitative estimate of drug-likeness (QED) is 0.314. The highest BCUT2D eigenvalue weighted by Crippen LogP contribution is 2.41. The minimum atomic E-state index is 0.0519. The molecule has 0 bridgehead atoms. The fourth-order valence-electron chi connectivity index (χ4n) is 4.80. The van der Waals surface area contributed by atoms with Gasteiger partial charge in [0.1, 0.15) is 17.2 Å². The number of anilines is 3. The summed E-state index contributed by atoms with van der Waals surface area (Å²) in [5.41, 5.74) is 5.92. The first-order valence-corrected chi connectivity index (χ1v) is 12.6. The molecule has 0 fully saturated rings. The molecule has 9 nitrogen and oxygen atoms in total. The van der Waals surface area contributed by atoms with Gasteiger partial charge in [0.15, 0.2) is 17.5 Å². The van der Waals surface area contributed by atoms with E-state index in [-0.39, 0.29) is 34.7 Å². The maximum absolute atomic E-state index is 11.2. The van der Waals surface area contributed by atoms with E-state index in [4.69, 9.17) is 15.0 Å². The van der Waals surface area contributed by atoms with E-state index in [0.29, 0.717) is 33.4 Å². The van der Waals surface area contributed by atoms with E-state index in [2.05, 4.69) is 0 Å². The van der Waals surface area contributed by atoms with Crippen LogP contribution in [0.25, 0.3) is 34.2 Å². The Hall–Kier alpha value is -4.53. The molecule has 0 spiro atoms. The second kappa shape index (κ2) is 10.3. The fraction of sp³-hybridized carbons (Fsp3) is 0.300. The minimum Gasteiger partial charge on any atom is -0.507 e. The van der Waals surface area contributed by atoms with Crippen molar-refractivity contribution in [3.8, 4) is 51.4 Å². The summed E-state index contributed by atoms with van der Waals surface area (Å²) in [6, 6.07) is 11.0. The third kappa shape index (κ3) is 4.87. The van der Waals surface area contributed by atoms with E-state index < -0.39 is 0 Å². The second-order valence-corrected chi connectivity index (χ2v) is 10.3. The smallest absolute Gasteiger partial charge is 0.167 e. The number of nitrogens with zero attached hydrogens (tertiary/aromatic N) is 6. The molecule has 4 aromatic rings. The molecule has 1 heterocycles. The van der Waals surface area contributed by atoms with Crippen molar-refractivity contribution in [3.63, 3.8) is 0 Å². The van der Waals surface area contributed by atoms with E-state index in [1.54, 1.807) is 18.2 Å². The Kier molecular flexibility index (Phi) is 7.28. The molecule has 39 heavy (non-hydrogen) atoms. The van der Waals surface area contributed by atoms with Crippen molar-refractivity contribution in [1.82, 2.24) is 15.0 Å². The molecule has 0 amide bonds. The lowest BCUT2D eigenvalue weighted by Gasteiger charge is -2.20. The molecule has 0 aliphatic carbocycles. The van der Waals surface area contributed by atoms with Gasteiger partial charge in [0.25, 0.3) is 0 Å². The summed E-state index contributed by atoms with van der Waals surface area (Å²) >= 11 is 0. The Labute approximate surface area is 229 Å². The molecular formula is C30H36N6O3. The highest BCUT2D eigenvalue weighted by molar-refractivity contribution is 5.79. The number of benzene rings is 3. The number of aromatic nitrogens is 3. The van der Waals surface area contributed by atoms with Gasteiger partial charge in [-0.25, -0.2) is 15.0 Å². The van der Waals surface area contributed by atoms with Gasteiger partial charge >= 0.3 is 0 Å². The van der Waals surface area contributed by atoms with E-state index in [1.807, 2.05) is 96.0 Å². The van der Waals surface area contributed by atoms with Gasteiger partial charge < -0.3 is 30.0 Å². The lowest BCUT2D eigenvalue weighted by Crippen LogP contribution is -2.11. The van der Waals surface area contributed by atoms with E-state index in [9.17, 15) is 15.3 Å². The van der Waals surface area contributed by atoms with Gasteiger partial charge in [-0.3, -0.25) is 0 Å². The first-order valence-electron chi connectivity index (χ1n) is 12.6. The number of hydrogen-bond donors (Lipinski definition) is 3. The molecular weight excluding hydrogens is 492 g/mol. The van der Waals surface area contributed by atoms with Crippen molar-refractivity contribution < 1.29 is 15.3 Å². The molecule has 4 rings (SSSR count). The van der Waals surface area contributed by atoms with Crippen molar-refractivity contribution in [2.45, 2.75) is 20.8 Å². The van der Waals surface area contributed by atoms with Crippen LogP contribution in [0.1, 0.15) is 16.7 Å². The number of phenolic OH excluding ortho intramolecular Hbond substituents is 3. The van der Waals surface area contributed by atoms with Crippen LogP contribution >= 0.6 is 0 Å². The Morgan fingerprint density at radius 2 is 0.667 bits per heavy atom. The molecule has 3 aromatic carbocycles. The summed E-state index contributed by atoms with van der Waals surface area (Å²) in [7, 11) is 11.4. The summed E-state index contributed by atoms with van der Waals surface area (Å²) < 4.78 is 0. The van der Waals surface area contributed by atoms with E-state index in [1.165, 1.54) is 0 Å². The fourth-order valence-corrected chi connectivity index (χ4v) is 4.80. The van der Waals surface area contributed by atoms with Crippen molar-refractivity contribution in [2.75, 3.05) is 57.0 Å². The molecule has 1 aromatic heterocycles. The van der Waals surface area contributed by atoms with Crippen LogP contribution in [0.4, 0.5) is 17.1 Å². The lowest BCUT2D eigenvalue weighted by molar-refractivity contribution is 0.472. The van der Waals surface area contributed by atoms with Crippen LogP contribution in [-0.2, 0) is 0 Å². The molecule has 0 saturated heterocycles. The van der Waals surface area contributed by atoms with Crippen molar-refractivity contribution in [1.29, 1.82) is 0 Å². The summed E-state index contributed by atoms with van der Waals surface area (Å²) in [6.07, 6.45) is 0. The zero-order valence-corrected chi connectivity index (χ0v) is 24.0. The number of phenols is 3. The summed E-state index contributed by atoms with van der Waals surface area (Å²) in [4.78, 5) is 19.8. The van der Waals surface area contributed by atoms with Crippen molar-refractivity contribution >= 4 is 17.1 Å². The first kappa shape index (κ1) is 27.5. The van der Waals surface area contributed by atoms with Gasteiger partial charge in [-0.2, -0.15) is 0 Å². The molecule has 204 valence electrons.